The molecule has 2 aromatic carbocycles. The van der Waals surface area contributed by atoms with Crippen LogP contribution in [0.15, 0.2) is 48.5 Å². The molecule has 3 rings (SSSR count). The second-order valence-electron chi connectivity index (χ2n) is 6.06. The molecule has 1 N–H and O–H groups in total. The van der Waals surface area contributed by atoms with E-state index in [0.29, 0.717) is 17.0 Å². The van der Waals surface area contributed by atoms with Crippen molar-refractivity contribution in [3.05, 3.63) is 78.9 Å². The van der Waals surface area contributed by atoms with Gasteiger partial charge in [0.2, 0.25) is 11.7 Å². The van der Waals surface area contributed by atoms with Gasteiger partial charge in [0.05, 0.1) is 16.6 Å². The van der Waals surface area contributed by atoms with E-state index in [1.54, 1.807) is 24.3 Å². The molecule has 0 aliphatic rings. The zero-order valence-corrected chi connectivity index (χ0v) is 17.2. The number of ether oxygens (including phenoxy) is 1. The Labute approximate surface area is 175 Å². The topological polar surface area (TPSA) is 101 Å². The van der Waals surface area contributed by atoms with Gasteiger partial charge in [-0.05, 0) is 84.0 Å². The monoisotopic (exact) mass is 486 g/mol. The Kier molecular flexibility index (Phi) is 5.75. The minimum atomic E-state index is -0.510. The molecular weight excluding hydrogens is 471 g/mol. The van der Waals surface area contributed by atoms with Crippen molar-refractivity contribution in [2.24, 2.45) is 0 Å². The van der Waals surface area contributed by atoms with Crippen LogP contribution < -0.4 is 10.1 Å². The quantitative estimate of drug-likeness (QED) is 0.286. The van der Waals surface area contributed by atoms with Crippen molar-refractivity contribution in [1.82, 2.24) is 4.98 Å². The Balaban J connectivity index is 1.95. The second kappa shape index (κ2) is 8.22. The van der Waals surface area contributed by atoms with Gasteiger partial charge in [-0.15, -0.1) is 0 Å². The largest absolute Gasteiger partial charge is 0.438 e. The molecule has 140 valence electrons. The van der Waals surface area contributed by atoms with E-state index in [1.807, 2.05) is 32.0 Å². The molecule has 1 aromatic heterocycles. The van der Waals surface area contributed by atoms with Crippen LogP contribution in [0.1, 0.15) is 16.7 Å². The first-order valence-electron chi connectivity index (χ1n) is 8.24. The number of pyridine rings is 1. The van der Waals surface area contributed by atoms with Crippen molar-refractivity contribution in [3.8, 4) is 17.7 Å². The fourth-order valence-electron chi connectivity index (χ4n) is 2.66. The molecule has 0 aliphatic heterocycles. The summed E-state index contributed by atoms with van der Waals surface area (Å²) < 4.78 is 7.02. The van der Waals surface area contributed by atoms with Crippen molar-refractivity contribution in [3.63, 3.8) is 0 Å². The predicted octanol–water partition coefficient (Wildman–Crippen LogP) is 5.62. The third kappa shape index (κ3) is 4.37. The Morgan fingerprint density at radius 1 is 1.14 bits per heavy atom. The maximum Gasteiger partial charge on any atom is 0.311 e. The molecule has 3 aromatic rings. The number of hydrogen-bond acceptors (Lipinski definition) is 6. The van der Waals surface area contributed by atoms with E-state index in [9.17, 15) is 10.1 Å². The molecule has 0 saturated carbocycles. The maximum absolute atomic E-state index is 11.4. The summed E-state index contributed by atoms with van der Waals surface area (Å²) in [5.74, 6) is 0.980. The molecular formula is C20H15IN4O3. The Morgan fingerprint density at radius 3 is 2.36 bits per heavy atom. The van der Waals surface area contributed by atoms with Crippen LogP contribution in [-0.2, 0) is 0 Å². The second-order valence-corrected chi connectivity index (χ2v) is 7.30. The number of nitrogens with zero attached hydrogens (tertiary/aromatic N) is 3. The van der Waals surface area contributed by atoms with Gasteiger partial charge in [0.15, 0.2) is 0 Å². The van der Waals surface area contributed by atoms with Crippen molar-refractivity contribution < 1.29 is 9.66 Å². The van der Waals surface area contributed by atoms with E-state index in [0.717, 1.165) is 14.7 Å². The zero-order chi connectivity index (χ0) is 20.3. The number of hydrogen-bond donors (Lipinski definition) is 1. The molecule has 0 fully saturated rings. The van der Waals surface area contributed by atoms with Gasteiger partial charge in [0.1, 0.15) is 5.75 Å². The lowest BCUT2D eigenvalue weighted by atomic mass is 10.1. The van der Waals surface area contributed by atoms with Crippen LogP contribution in [0.3, 0.4) is 0 Å². The number of anilines is 2. The maximum atomic E-state index is 11.4. The first-order chi connectivity index (χ1) is 13.4. The fraction of sp³-hybridized carbons (Fsp3) is 0.100. The molecule has 8 heteroatoms. The highest BCUT2D eigenvalue weighted by molar-refractivity contribution is 14.1. The molecule has 0 saturated heterocycles. The first-order valence-corrected chi connectivity index (χ1v) is 9.32. The first kappa shape index (κ1) is 19.6. The van der Waals surface area contributed by atoms with Gasteiger partial charge in [0.25, 0.3) is 0 Å². The number of nitriles is 1. The summed E-state index contributed by atoms with van der Waals surface area (Å²) in [5, 5.41) is 23.2. The van der Waals surface area contributed by atoms with E-state index in [1.165, 1.54) is 12.1 Å². The normalized spacial score (nSPS) is 10.2. The van der Waals surface area contributed by atoms with Gasteiger partial charge in [-0.25, -0.2) is 0 Å². The molecule has 0 radical (unpaired) electrons. The molecule has 0 unspecified atom stereocenters. The molecule has 28 heavy (non-hydrogen) atoms. The lowest BCUT2D eigenvalue weighted by Gasteiger charge is -2.13. The van der Waals surface area contributed by atoms with Crippen LogP contribution in [0.25, 0.3) is 0 Å². The third-order valence-corrected chi connectivity index (χ3v) is 4.58. The summed E-state index contributed by atoms with van der Waals surface area (Å²) in [6.45, 7) is 3.87. The molecule has 0 spiro atoms. The van der Waals surface area contributed by atoms with Crippen LogP contribution in [0.5, 0.6) is 11.6 Å². The summed E-state index contributed by atoms with van der Waals surface area (Å²) in [6, 6.07) is 15.4. The van der Waals surface area contributed by atoms with Crippen LogP contribution in [0, 0.1) is 38.9 Å². The van der Waals surface area contributed by atoms with E-state index >= 15 is 0 Å². The van der Waals surface area contributed by atoms with E-state index in [4.69, 9.17) is 10.00 Å². The third-order valence-electron chi connectivity index (χ3n) is 3.95. The fourth-order valence-corrected chi connectivity index (χ4v) is 3.59. The summed E-state index contributed by atoms with van der Waals surface area (Å²) in [4.78, 5) is 15.1. The number of aromatic nitrogens is 1. The van der Waals surface area contributed by atoms with Gasteiger partial charge in [-0.3, -0.25) is 10.1 Å². The smallest absolute Gasteiger partial charge is 0.311 e. The predicted molar refractivity (Wildman–Crippen MR) is 114 cm³/mol. The highest BCUT2D eigenvalue weighted by Crippen LogP contribution is 2.33. The standard InChI is InChI=1S/C20H15IN4O3/c1-12-9-15(21)10-13(2)19(12)28-18-8-7-17(25(26)27)20(24-18)23-16-5-3-14(11-22)4-6-16/h3-10H,1-2H3,(H,23,24). The van der Waals surface area contributed by atoms with E-state index in [2.05, 4.69) is 32.9 Å². The number of benzene rings is 2. The summed E-state index contributed by atoms with van der Waals surface area (Å²) >= 11 is 2.24. The summed E-state index contributed by atoms with van der Waals surface area (Å²) in [6.07, 6.45) is 0. The highest BCUT2D eigenvalue weighted by atomic mass is 127. The molecule has 0 aliphatic carbocycles. The van der Waals surface area contributed by atoms with Crippen molar-refractivity contribution in [2.45, 2.75) is 13.8 Å². The van der Waals surface area contributed by atoms with Crippen LogP contribution in [0.4, 0.5) is 17.2 Å². The average Bonchev–Trinajstić information content (AvgIpc) is 2.65. The van der Waals surface area contributed by atoms with Gasteiger partial charge in [0, 0.05) is 21.4 Å². The lowest BCUT2D eigenvalue weighted by molar-refractivity contribution is -0.384. The van der Waals surface area contributed by atoms with Crippen molar-refractivity contribution >= 4 is 39.8 Å². The number of nitrogens with one attached hydrogen (secondary N) is 1. The SMILES string of the molecule is Cc1cc(I)cc(C)c1Oc1ccc([N+](=O)[O-])c(Nc2ccc(C#N)cc2)n1. The summed E-state index contributed by atoms with van der Waals surface area (Å²) in [5.41, 5.74) is 2.80. The number of rotatable bonds is 5. The Hall–Kier alpha value is -3.19. The zero-order valence-electron chi connectivity index (χ0n) is 15.1. The van der Waals surface area contributed by atoms with Crippen LogP contribution in [-0.4, -0.2) is 9.91 Å². The highest BCUT2D eigenvalue weighted by Gasteiger charge is 2.18. The average molecular weight is 486 g/mol. The Morgan fingerprint density at radius 2 is 1.79 bits per heavy atom. The minimum absolute atomic E-state index is 0.0630. The Bertz CT molecular complexity index is 1070. The molecule has 0 amide bonds. The van der Waals surface area contributed by atoms with E-state index < -0.39 is 4.92 Å². The minimum Gasteiger partial charge on any atom is -0.438 e. The molecule has 7 nitrogen and oxygen atoms in total. The molecule has 1 heterocycles. The molecule has 0 atom stereocenters. The lowest BCUT2D eigenvalue weighted by Crippen LogP contribution is -2.02. The van der Waals surface area contributed by atoms with Crippen LogP contribution in [0.2, 0.25) is 0 Å². The van der Waals surface area contributed by atoms with Gasteiger partial charge >= 0.3 is 5.69 Å². The van der Waals surface area contributed by atoms with Gasteiger partial charge in [-0.1, -0.05) is 0 Å². The van der Waals surface area contributed by atoms with Crippen LogP contribution >= 0.6 is 22.6 Å². The van der Waals surface area contributed by atoms with Crippen molar-refractivity contribution in [1.29, 1.82) is 5.26 Å². The summed E-state index contributed by atoms with van der Waals surface area (Å²) in [7, 11) is 0. The molecule has 0 bridgehead atoms. The van der Waals surface area contributed by atoms with E-state index in [-0.39, 0.29) is 17.4 Å². The van der Waals surface area contributed by atoms with Crippen molar-refractivity contribution in [2.75, 3.05) is 5.32 Å². The van der Waals surface area contributed by atoms with Gasteiger partial charge in [-0.2, -0.15) is 10.2 Å². The number of nitro groups is 1. The number of halogens is 1. The van der Waals surface area contributed by atoms with Gasteiger partial charge < -0.3 is 10.1 Å². The number of aryl methyl sites for hydroxylation is 2.